The second-order valence-electron chi connectivity index (χ2n) is 4.78. The van der Waals surface area contributed by atoms with Crippen molar-refractivity contribution in [3.8, 4) is 0 Å². The molecule has 1 heterocycles. The van der Waals surface area contributed by atoms with Crippen molar-refractivity contribution in [2.24, 2.45) is 11.7 Å². The third kappa shape index (κ3) is 1.86. The van der Waals surface area contributed by atoms with Gasteiger partial charge in [0.05, 0.1) is 0 Å². The van der Waals surface area contributed by atoms with Crippen LogP contribution in [0.3, 0.4) is 0 Å². The molecule has 1 saturated carbocycles. The quantitative estimate of drug-likeness (QED) is 0.753. The Kier molecular flexibility index (Phi) is 2.67. The fourth-order valence-corrected chi connectivity index (χ4v) is 3.08. The molecule has 1 aliphatic carbocycles. The zero-order valence-electron chi connectivity index (χ0n) is 9.05. The summed E-state index contributed by atoms with van der Waals surface area (Å²) in [4.78, 5) is 1.38. The molecule has 1 nitrogen and oxygen atoms in total. The van der Waals surface area contributed by atoms with Gasteiger partial charge in [-0.1, -0.05) is 6.92 Å². The molecule has 0 aliphatic heterocycles. The van der Waals surface area contributed by atoms with Gasteiger partial charge in [-0.05, 0) is 55.5 Å². The summed E-state index contributed by atoms with van der Waals surface area (Å²) in [7, 11) is 0. The highest BCUT2D eigenvalue weighted by Crippen LogP contribution is 2.38. The first-order chi connectivity index (χ1) is 6.60. The maximum absolute atomic E-state index is 6.46. The number of aryl methyl sites for hydroxylation is 1. The zero-order valence-corrected chi connectivity index (χ0v) is 9.86. The van der Waals surface area contributed by atoms with E-state index in [0.29, 0.717) is 0 Å². The summed E-state index contributed by atoms with van der Waals surface area (Å²) < 4.78 is 0. The molecule has 1 aromatic rings. The molecule has 1 aliphatic rings. The van der Waals surface area contributed by atoms with Crippen LogP contribution >= 0.6 is 11.3 Å². The first-order valence-electron chi connectivity index (χ1n) is 5.45. The highest BCUT2D eigenvalue weighted by atomic mass is 32.1. The van der Waals surface area contributed by atoms with E-state index in [9.17, 15) is 0 Å². The number of rotatable bonds is 1. The van der Waals surface area contributed by atoms with Crippen molar-refractivity contribution in [3.63, 3.8) is 0 Å². The van der Waals surface area contributed by atoms with Crippen molar-refractivity contribution in [3.05, 3.63) is 21.9 Å². The summed E-state index contributed by atoms with van der Waals surface area (Å²) in [6.45, 7) is 4.49. The molecule has 2 heteroatoms. The van der Waals surface area contributed by atoms with E-state index in [2.05, 4.69) is 25.3 Å². The van der Waals surface area contributed by atoms with Crippen LogP contribution in [0.2, 0.25) is 0 Å². The number of hydrogen-bond donors (Lipinski definition) is 1. The van der Waals surface area contributed by atoms with Crippen molar-refractivity contribution < 1.29 is 0 Å². The average molecular weight is 209 g/mol. The maximum Gasteiger partial charge on any atom is 0.0418 e. The van der Waals surface area contributed by atoms with Gasteiger partial charge in [-0.15, -0.1) is 11.3 Å². The van der Waals surface area contributed by atoms with Crippen LogP contribution in [0.15, 0.2) is 11.4 Å². The Bertz CT molecular complexity index is 308. The summed E-state index contributed by atoms with van der Waals surface area (Å²) in [6, 6.07) is 2.26. The van der Waals surface area contributed by atoms with E-state index >= 15 is 0 Å². The summed E-state index contributed by atoms with van der Waals surface area (Å²) in [5.74, 6) is 0.867. The molecule has 0 bridgehead atoms. The lowest BCUT2D eigenvalue weighted by molar-refractivity contribution is 0.248. The molecule has 14 heavy (non-hydrogen) atoms. The van der Waals surface area contributed by atoms with Crippen LogP contribution in [0.25, 0.3) is 0 Å². The number of thiophene rings is 1. The van der Waals surface area contributed by atoms with Crippen molar-refractivity contribution in [2.45, 2.75) is 45.1 Å². The van der Waals surface area contributed by atoms with Crippen molar-refractivity contribution in [2.75, 3.05) is 0 Å². The van der Waals surface area contributed by atoms with Gasteiger partial charge in [0.1, 0.15) is 0 Å². The summed E-state index contributed by atoms with van der Waals surface area (Å²) >= 11 is 1.82. The van der Waals surface area contributed by atoms with Crippen LogP contribution in [0.5, 0.6) is 0 Å². The van der Waals surface area contributed by atoms with Gasteiger partial charge in [-0.3, -0.25) is 0 Å². The van der Waals surface area contributed by atoms with Gasteiger partial charge in [0.2, 0.25) is 0 Å². The maximum atomic E-state index is 6.46. The van der Waals surface area contributed by atoms with E-state index in [1.165, 1.54) is 23.3 Å². The average Bonchev–Trinajstić information content (AvgIpc) is 2.58. The molecular weight excluding hydrogens is 190 g/mol. The van der Waals surface area contributed by atoms with Gasteiger partial charge in [0, 0.05) is 10.4 Å². The molecule has 0 unspecified atom stereocenters. The Labute approximate surface area is 90.3 Å². The monoisotopic (exact) mass is 209 g/mol. The minimum atomic E-state index is -0.0166. The van der Waals surface area contributed by atoms with Crippen LogP contribution in [-0.2, 0) is 5.54 Å². The molecular formula is C12H19NS. The smallest absolute Gasteiger partial charge is 0.0418 e. The molecule has 78 valence electrons. The molecule has 2 N–H and O–H groups in total. The highest BCUT2D eigenvalue weighted by Gasteiger charge is 2.32. The summed E-state index contributed by atoms with van der Waals surface area (Å²) in [5, 5.41) is 2.24. The van der Waals surface area contributed by atoms with Crippen LogP contribution in [0.4, 0.5) is 0 Å². The topological polar surface area (TPSA) is 26.0 Å². The minimum Gasteiger partial charge on any atom is -0.321 e. The van der Waals surface area contributed by atoms with Gasteiger partial charge in [-0.2, -0.15) is 0 Å². The molecule has 0 saturated heterocycles. The van der Waals surface area contributed by atoms with E-state index in [1.807, 2.05) is 11.3 Å². The van der Waals surface area contributed by atoms with E-state index in [4.69, 9.17) is 5.73 Å². The molecule has 0 aromatic carbocycles. The minimum absolute atomic E-state index is 0.0166. The van der Waals surface area contributed by atoms with Crippen LogP contribution in [0, 0.1) is 12.8 Å². The Hall–Kier alpha value is -0.340. The Morgan fingerprint density at radius 3 is 2.57 bits per heavy atom. The molecule has 1 fully saturated rings. The van der Waals surface area contributed by atoms with E-state index in [-0.39, 0.29) is 5.54 Å². The Morgan fingerprint density at radius 2 is 2.07 bits per heavy atom. The second kappa shape index (κ2) is 3.67. The molecule has 0 spiro atoms. The zero-order chi connectivity index (χ0) is 10.2. The van der Waals surface area contributed by atoms with Gasteiger partial charge < -0.3 is 5.73 Å². The van der Waals surface area contributed by atoms with Gasteiger partial charge >= 0.3 is 0 Å². The lowest BCUT2D eigenvalue weighted by atomic mass is 9.75. The van der Waals surface area contributed by atoms with E-state index < -0.39 is 0 Å². The first kappa shape index (κ1) is 10.2. The van der Waals surface area contributed by atoms with Gasteiger partial charge in [0.25, 0.3) is 0 Å². The van der Waals surface area contributed by atoms with Crippen LogP contribution in [-0.4, -0.2) is 0 Å². The predicted molar refractivity (Wildman–Crippen MR) is 62.6 cm³/mol. The molecule has 1 aromatic heterocycles. The lowest BCUT2D eigenvalue weighted by Crippen LogP contribution is -2.39. The number of nitrogens with two attached hydrogens (primary N) is 1. The number of hydrogen-bond acceptors (Lipinski definition) is 2. The fourth-order valence-electron chi connectivity index (χ4n) is 2.27. The third-order valence-corrected chi connectivity index (χ3v) is 4.33. The summed E-state index contributed by atoms with van der Waals surface area (Å²) in [6.07, 6.45) is 4.88. The molecule has 0 amide bonds. The van der Waals surface area contributed by atoms with E-state index in [0.717, 1.165) is 18.8 Å². The van der Waals surface area contributed by atoms with Crippen molar-refractivity contribution in [1.29, 1.82) is 0 Å². The first-order valence-corrected chi connectivity index (χ1v) is 6.33. The summed E-state index contributed by atoms with van der Waals surface area (Å²) in [5.41, 5.74) is 7.81. The Morgan fingerprint density at radius 1 is 1.43 bits per heavy atom. The normalized spacial score (nSPS) is 33.2. The standard InChI is InChI=1S/C12H19NS/c1-9-3-5-12(13,6-4-9)11-7-10(2)14-8-11/h7-9H,3-6,13H2,1-2H3. The fraction of sp³-hybridized carbons (Fsp3) is 0.667. The molecule has 0 radical (unpaired) electrons. The Balaban J connectivity index is 2.16. The van der Waals surface area contributed by atoms with Gasteiger partial charge in [-0.25, -0.2) is 0 Å². The van der Waals surface area contributed by atoms with Gasteiger partial charge in [0.15, 0.2) is 0 Å². The van der Waals surface area contributed by atoms with Crippen molar-refractivity contribution >= 4 is 11.3 Å². The highest BCUT2D eigenvalue weighted by molar-refractivity contribution is 7.10. The third-order valence-electron chi connectivity index (χ3n) is 3.47. The van der Waals surface area contributed by atoms with Crippen LogP contribution in [0.1, 0.15) is 43.0 Å². The SMILES string of the molecule is Cc1cc(C2(N)CCC(C)CC2)cs1. The van der Waals surface area contributed by atoms with Crippen LogP contribution < -0.4 is 5.73 Å². The molecule has 2 rings (SSSR count). The lowest BCUT2D eigenvalue weighted by Gasteiger charge is -2.35. The van der Waals surface area contributed by atoms with E-state index in [1.54, 1.807) is 0 Å². The predicted octanol–water partition coefficient (Wildman–Crippen LogP) is 3.42. The molecule has 0 atom stereocenters. The second-order valence-corrected chi connectivity index (χ2v) is 5.90. The van der Waals surface area contributed by atoms with Crippen molar-refractivity contribution in [1.82, 2.24) is 0 Å². The largest absolute Gasteiger partial charge is 0.321 e.